The number of carbonyl (C=O) groups is 1. The summed E-state index contributed by atoms with van der Waals surface area (Å²) < 4.78 is 27.3. The molecule has 0 aliphatic carbocycles. The van der Waals surface area contributed by atoms with Crippen molar-refractivity contribution in [3.05, 3.63) is 78.5 Å². The molecule has 0 unspecified atom stereocenters. The summed E-state index contributed by atoms with van der Waals surface area (Å²) in [4.78, 5) is 23.7. The van der Waals surface area contributed by atoms with Gasteiger partial charge in [-0.25, -0.2) is 0 Å². The van der Waals surface area contributed by atoms with Gasteiger partial charge in [-0.1, -0.05) is 0 Å². The predicted octanol–water partition coefficient (Wildman–Crippen LogP) is 4.31. The molecule has 2 N–H and O–H groups in total. The first-order chi connectivity index (χ1) is 15.3. The minimum atomic E-state index is -4.03. The van der Waals surface area contributed by atoms with Gasteiger partial charge in [-0.05, 0) is 0 Å². The molecular weight excluding hydrogens is 561 g/mol. The Morgan fingerprint density at radius 2 is 1.75 bits per heavy atom. The molecule has 1 aliphatic heterocycles. The molecule has 2 aromatic carbocycles. The molecule has 2 atom stereocenters. The van der Waals surface area contributed by atoms with Crippen molar-refractivity contribution in [1.29, 1.82) is 0 Å². The molecule has 3 heterocycles. The Bertz CT molecular complexity index is 1440. The number of aromatic nitrogens is 2. The van der Waals surface area contributed by atoms with Gasteiger partial charge in [0, 0.05) is 0 Å². The number of para-hydroxylation sites is 2. The molecule has 0 radical (unpaired) electrons. The molecule has 164 valence electrons. The summed E-state index contributed by atoms with van der Waals surface area (Å²) in [6, 6.07) is 19.9. The van der Waals surface area contributed by atoms with Gasteiger partial charge in [0.1, 0.15) is 0 Å². The number of nitrogens with one attached hydrogen (secondary N) is 1. The average molecular weight is 579 g/mol. The van der Waals surface area contributed by atoms with Crippen LogP contribution in [-0.2, 0) is 14.8 Å². The summed E-state index contributed by atoms with van der Waals surface area (Å²) >= 11 is -1.10. The van der Waals surface area contributed by atoms with Crippen LogP contribution in [0.4, 0.5) is 0 Å². The van der Waals surface area contributed by atoms with Crippen LogP contribution in [0.15, 0.2) is 77.1 Å². The molecular formula is C22H18IN3O4S2. The van der Waals surface area contributed by atoms with Gasteiger partial charge in [-0.15, -0.1) is 0 Å². The van der Waals surface area contributed by atoms with Crippen molar-refractivity contribution < 1.29 is 18.3 Å². The van der Waals surface area contributed by atoms with E-state index < -0.39 is 39.4 Å². The van der Waals surface area contributed by atoms with Crippen LogP contribution >= 0.6 is 31.2 Å². The third kappa shape index (κ3) is 3.51. The summed E-state index contributed by atoms with van der Waals surface area (Å²) in [5, 5.41) is 10.00. The van der Waals surface area contributed by atoms with Crippen LogP contribution < -0.4 is 4.72 Å². The maximum atomic E-state index is 13.2. The van der Waals surface area contributed by atoms with Gasteiger partial charge in [0.2, 0.25) is 0 Å². The molecule has 1 fully saturated rings. The number of sulfonamides is 1. The van der Waals surface area contributed by atoms with Gasteiger partial charge in [-0.3, -0.25) is 0 Å². The first kappa shape index (κ1) is 21.4. The summed E-state index contributed by atoms with van der Waals surface area (Å²) in [6.07, 6.45) is 1.61. The van der Waals surface area contributed by atoms with Crippen LogP contribution in [0, 0.1) is 0 Å². The summed E-state index contributed by atoms with van der Waals surface area (Å²) in [5.74, 6) is -1.11. The molecule has 1 saturated heterocycles. The molecule has 4 aromatic rings. The zero-order valence-corrected chi connectivity index (χ0v) is 20.6. The predicted molar refractivity (Wildman–Crippen MR) is 133 cm³/mol. The number of alkyl halides is 3. The van der Waals surface area contributed by atoms with E-state index in [0.29, 0.717) is 10.6 Å². The Morgan fingerprint density at radius 1 is 1.06 bits per heavy atom. The Balaban J connectivity index is 1.46. The Kier molecular flexibility index (Phi) is 5.27. The minimum absolute atomic E-state index is 0.0612. The van der Waals surface area contributed by atoms with Crippen molar-refractivity contribution in [1.82, 2.24) is 14.7 Å². The van der Waals surface area contributed by atoms with Crippen LogP contribution in [0.5, 0.6) is 0 Å². The Hall–Kier alpha value is -2.41. The second kappa shape index (κ2) is 7.87. The van der Waals surface area contributed by atoms with E-state index in [1.165, 1.54) is 6.07 Å². The maximum absolute atomic E-state index is 13.2. The molecule has 32 heavy (non-hydrogen) atoms. The third-order valence-corrected chi connectivity index (χ3v) is 15.7. The fourth-order valence-electron chi connectivity index (χ4n) is 3.70. The standard InChI is InChI=1S/C22H18IN3O4S2/c1-23-20(14-7-3-2-4-8-14)22(23,21(27)28)26-32(29,30)19-12-11-18(31-19)17-13-24-15-9-5-6-10-16(15)25-17/h2-13,20,26H,1H3,(H,27,28)/t20-,22+/m1/s1. The molecule has 0 amide bonds. The molecule has 1 aliphatic rings. The zero-order chi connectivity index (χ0) is 22.5. The monoisotopic (exact) mass is 579 g/mol. The van der Waals surface area contributed by atoms with Crippen LogP contribution in [0.1, 0.15) is 9.49 Å². The number of carboxylic acids is 1. The van der Waals surface area contributed by atoms with E-state index in [9.17, 15) is 18.3 Å². The number of rotatable bonds is 6. The zero-order valence-electron chi connectivity index (χ0n) is 16.8. The average Bonchev–Trinajstić information content (AvgIpc) is 3.14. The topological polar surface area (TPSA) is 109 Å². The first-order valence-corrected chi connectivity index (χ1v) is 16.3. The van der Waals surface area contributed by atoms with Crippen LogP contribution in [0.2, 0.25) is 0 Å². The molecule has 5 rings (SSSR count). The van der Waals surface area contributed by atoms with Crippen LogP contribution in [0.25, 0.3) is 21.6 Å². The van der Waals surface area contributed by atoms with E-state index in [0.717, 1.165) is 27.9 Å². The van der Waals surface area contributed by atoms with E-state index in [-0.39, 0.29) is 8.13 Å². The van der Waals surface area contributed by atoms with E-state index in [1.807, 2.05) is 59.5 Å². The van der Waals surface area contributed by atoms with Crippen molar-refractivity contribution in [2.75, 3.05) is 4.93 Å². The molecule has 0 bridgehead atoms. The molecule has 0 spiro atoms. The molecule has 7 nitrogen and oxygen atoms in total. The van der Waals surface area contributed by atoms with Crippen molar-refractivity contribution in [2.45, 2.75) is 11.7 Å². The second-order valence-electron chi connectivity index (χ2n) is 7.27. The van der Waals surface area contributed by atoms with Crippen molar-refractivity contribution in [3.63, 3.8) is 0 Å². The van der Waals surface area contributed by atoms with Crippen molar-refractivity contribution >= 4 is 58.2 Å². The number of fused-ring (bicyclic) bond motifs is 1. The van der Waals surface area contributed by atoms with E-state index in [2.05, 4.69) is 14.7 Å². The summed E-state index contributed by atoms with van der Waals surface area (Å²) in [6.45, 7) is 0. The van der Waals surface area contributed by atoms with Gasteiger partial charge in [0.05, 0.1) is 0 Å². The van der Waals surface area contributed by atoms with E-state index in [4.69, 9.17) is 0 Å². The number of hydrogen-bond acceptors (Lipinski definition) is 6. The molecule has 10 heteroatoms. The summed E-state index contributed by atoms with van der Waals surface area (Å²) in [7, 11) is -4.03. The van der Waals surface area contributed by atoms with Gasteiger partial charge < -0.3 is 0 Å². The molecule has 0 saturated carbocycles. The Morgan fingerprint density at radius 3 is 2.47 bits per heavy atom. The number of aliphatic carboxylic acids is 1. The number of halogens is 1. The Labute approximate surface area is 196 Å². The van der Waals surface area contributed by atoms with Gasteiger partial charge in [0.25, 0.3) is 0 Å². The van der Waals surface area contributed by atoms with E-state index in [1.54, 1.807) is 12.3 Å². The second-order valence-corrected chi connectivity index (χ2v) is 16.2. The number of nitrogens with zero attached hydrogens (tertiary/aromatic N) is 2. The molecule has 2 aromatic heterocycles. The normalized spacial score (nSPS) is 21.5. The first-order valence-electron chi connectivity index (χ1n) is 9.56. The van der Waals surface area contributed by atoms with Crippen molar-refractivity contribution in [2.24, 2.45) is 0 Å². The number of benzene rings is 2. The SMILES string of the molecule is CI1[C@H](c2ccccc2)[C@]1(NS(=O)(=O)c1ccc(-c2cnc3ccccc3n2)s1)C(=O)O. The van der Waals surface area contributed by atoms with Crippen LogP contribution in [-0.4, -0.2) is 37.9 Å². The number of thiophene rings is 1. The number of carboxylic acid groups (broad SMARTS) is 1. The fraction of sp³-hybridized carbons (Fsp3) is 0.136. The van der Waals surface area contributed by atoms with Crippen LogP contribution in [0.3, 0.4) is 0 Å². The van der Waals surface area contributed by atoms with Crippen molar-refractivity contribution in [3.8, 4) is 10.6 Å². The summed E-state index contributed by atoms with van der Waals surface area (Å²) in [5.41, 5.74) is 2.91. The van der Waals surface area contributed by atoms with Gasteiger partial charge in [0.15, 0.2) is 0 Å². The number of hydrogen-bond donors (Lipinski definition) is 2. The van der Waals surface area contributed by atoms with Gasteiger partial charge >= 0.3 is 197 Å². The quantitative estimate of drug-likeness (QED) is 0.200. The third-order valence-electron chi connectivity index (χ3n) is 5.33. The van der Waals surface area contributed by atoms with E-state index >= 15 is 0 Å². The van der Waals surface area contributed by atoms with Gasteiger partial charge in [-0.2, -0.15) is 0 Å². The fourth-order valence-corrected chi connectivity index (χ4v) is 15.0.